The molecule has 4 aromatic rings. The van der Waals surface area contributed by atoms with Crippen molar-refractivity contribution in [3.63, 3.8) is 0 Å². The van der Waals surface area contributed by atoms with Crippen molar-refractivity contribution in [1.29, 1.82) is 0 Å². The third-order valence-electron chi connectivity index (χ3n) is 10.7. The second-order valence-electron chi connectivity index (χ2n) is 15.6. The van der Waals surface area contributed by atoms with E-state index in [1.807, 2.05) is 29.0 Å². The lowest BCUT2D eigenvalue weighted by Crippen LogP contribution is -2.44. The molecule has 2 aromatic heterocycles. The average molecular weight is 746 g/mol. The molecule has 0 radical (unpaired) electrons. The number of rotatable bonds is 31. The zero-order chi connectivity index (χ0) is 38.5. The summed E-state index contributed by atoms with van der Waals surface area (Å²) in [6.07, 6.45) is 25.2. The molecule has 2 aromatic carbocycles. The number of nitrogens with two attached hydrogens (primary N) is 1. The van der Waals surface area contributed by atoms with E-state index >= 15 is 0 Å². The zero-order valence-electron chi connectivity index (χ0n) is 34.2. The highest BCUT2D eigenvalue weighted by Gasteiger charge is 2.25. The summed E-state index contributed by atoms with van der Waals surface area (Å²) in [6.45, 7) is 8.05. The molecule has 4 rings (SSSR count). The van der Waals surface area contributed by atoms with E-state index in [9.17, 15) is 9.59 Å². The fraction of sp³-hybridized carbons (Fsp3) is 0.682. The van der Waals surface area contributed by atoms with Gasteiger partial charge in [-0.15, -0.1) is 0 Å². The topological polar surface area (TPSA) is 119 Å². The van der Waals surface area contributed by atoms with Crippen molar-refractivity contribution in [3.8, 4) is 0 Å². The van der Waals surface area contributed by atoms with Gasteiger partial charge in [-0.2, -0.15) is 4.73 Å². The largest absolute Gasteiger partial charge is 0.412 e. The van der Waals surface area contributed by atoms with Gasteiger partial charge in [0.15, 0.2) is 5.82 Å². The Morgan fingerprint density at radius 2 is 1.31 bits per heavy atom. The van der Waals surface area contributed by atoms with Gasteiger partial charge in [0.05, 0.1) is 5.52 Å². The van der Waals surface area contributed by atoms with Crippen LogP contribution in [0.4, 0.5) is 17.2 Å². The van der Waals surface area contributed by atoms with Crippen molar-refractivity contribution < 1.29 is 4.84 Å². The van der Waals surface area contributed by atoms with Gasteiger partial charge in [-0.05, 0) is 58.8 Å². The smallest absolute Gasteiger partial charge is 0.253 e. The van der Waals surface area contributed by atoms with E-state index in [-0.39, 0.29) is 10.9 Å². The first-order chi connectivity index (χ1) is 26.4. The number of hydrogen-bond acceptors (Lipinski definition) is 9. The molecule has 0 atom stereocenters. The number of aromatic nitrogens is 3. The predicted molar refractivity (Wildman–Crippen MR) is 229 cm³/mol. The van der Waals surface area contributed by atoms with E-state index in [0.29, 0.717) is 35.9 Å². The highest BCUT2D eigenvalue weighted by atomic mass is 16.7. The summed E-state index contributed by atoms with van der Waals surface area (Å²) in [5.74, 6) is 1.26. The third-order valence-corrected chi connectivity index (χ3v) is 10.7. The van der Waals surface area contributed by atoms with Gasteiger partial charge < -0.3 is 25.7 Å². The van der Waals surface area contributed by atoms with Crippen LogP contribution in [-0.2, 0) is 6.42 Å². The molecule has 0 aliphatic rings. The molecule has 2 heterocycles. The molecule has 0 fully saturated rings. The molecule has 3 N–H and O–H groups in total. The minimum absolute atomic E-state index is 0.348. The number of nitrogens with zero attached hydrogens (tertiary/aromatic N) is 5. The Bertz CT molecular complexity index is 1730. The van der Waals surface area contributed by atoms with Gasteiger partial charge in [-0.25, -0.2) is 9.97 Å². The molecule has 0 aliphatic heterocycles. The predicted octanol–water partition coefficient (Wildman–Crippen LogP) is 9.06. The fourth-order valence-electron chi connectivity index (χ4n) is 7.48. The monoisotopic (exact) mass is 746 g/mol. The van der Waals surface area contributed by atoms with Crippen LogP contribution in [0.1, 0.15) is 148 Å². The Kier molecular flexibility index (Phi) is 19.1. The molecule has 10 nitrogen and oxygen atoms in total. The van der Waals surface area contributed by atoms with Crippen LogP contribution in [0.25, 0.3) is 21.9 Å². The molecule has 0 aliphatic carbocycles. The van der Waals surface area contributed by atoms with Gasteiger partial charge >= 0.3 is 0 Å². The standard InChI is InChI=1S/C44H71N7O3/c1-5-7-9-10-11-12-13-14-15-16-17-18-19-20-24-32-50(33-26-31-49(3)4)41-38(42(52)43(41)53)46-30-23-25-34-54-51-37(29-8-6-2)48-39-40(51)35-27-21-22-28-36(35)47-44(39)45/h21-22,27-28,46H,5-20,23-26,29-34H2,1-4H3,(H2,45,47). The number of unbranched alkanes of at least 4 members (excludes halogenated alkanes) is 16. The first-order valence-electron chi connectivity index (χ1n) is 21.5. The zero-order valence-corrected chi connectivity index (χ0v) is 34.2. The maximum Gasteiger partial charge on any atom is 0.253 e. The first-order valence-corrected chi connectivity index (χ1v) is 21.5. The van der Waals surface area contributed by atoms with Crippen LogP contribution in [0.5, 0.6) is 0 Å². The summed E-state index contributed by atoms with van der Waals surface area (Å²) in [5, 5.41) is 4.30. The summed E-state index contributed by atoms with van der Waals surface area (Å²) in [6, 6.07) is 7.94. The molecule has 54 heavy (non-hydrogen) atoms. The van der Waals surface area contributed by atoms with Crippen LogP contribution in [0, 0.1) is 0 Å². The number of benzene rings is 1. The van der Waals surface area contributed by atoms with E-state index in [4.69, 9.17) is 15.6 Å². The van der Waals surface area contributed by atoms with Gasteiger partial charge in [-0.1, -0.05) is 128 Å². The molecule has 0 saturated carbocycles. The maximum absolute atomic E-state index is 12.9. The number of hydrogen-bond donors (Lipinski definition) is 2. The highest BCUT2D eigenvalue weighted by molar-refractivity contribution is 6.06. The second-order valence-corrected chi connectivity index (χ2v) is 15.6. The summed E-state index contributed by atoms with van der Waals surface area (Å²) in [4.78, 5) is 45.8. The van der Waals surface area contributed by atoms with Gasteiger partial charge in [0, 0.05) is 31.4 Å². The lowest BCUT2D eigenvalue weighted by molar-refractivity contribution is 0.109. The maximum atomic E-state index is 12.9. The number of aryl methyl sites for hydroxylation is 1. The van der Waals surface area contributed by atoms with Crippen LogP contribution in [0.2, 0.25) is 0 Å². The van der Waals surface area contributed by atoms with Crippen LogP contribution >= 0.6 is 0 Å². The first kappa shape index (κ1) is 43.1. The van der Waals surface area contributed by atoms with Crippen LogP contribution in [0.15, 0.2) is 33.9 Å². The van der Waals surface area contributed by atoms with Crippen LogP contribution < -0.4 is 31.6 Å². The van der Waals surface area contributed by atoms with Crippen molar-refractivity contribution >= 4 is 39.1 Å². The normalized spacial score (nSPS) is 11.8. The van der Waals surface area contributed by atoms with Crippen LogP contribution in [0.3, 0.4) is 0 Å². The SMILES string of the molecule is CCCCCCCCCCCCCCCCCN(CCCN(C)C)c1c(NCCCCOn2c(CCCC)nc3c(N)nc4ccccc4c32)c(=O)c1=O. The minimum Gasteiger partial charge on any atom is -0.412 e. The summed E-state index contributed by atoms with van der Waals surface area (Å²) in [5.41, 5.74) is 9.03. The Labute approximate surface area is 324 Å². The number of imidazole rings is 1. The van der Waals surface area contributed by atoms with Gasteiger partial charge in [0.1, 0.15) is 34.8 Å². The Morgan fingerprint density at radius 1 is 0.704 bits per heavy atom. The summed E-state index contributed by atoms with van der Waals surface area (Å²) < 4.78 is 1.86. The fourth-order valence-corrected chi connectivity index (χ4v) is 7.48. The number of nitrogen functional groups attached to an aromatic ring is 1. The summed E-state index contributed by atoms with van der Waals surface area (Å²) >= 11 is 0. The molecular weight excluding hydrogens is 675 g/mol. The van der Waals surface area contributed by atoms with E-state index in [2.05, 4.69) is 48.0 Å². The minimum atomic E-state index is -0.390. The molecular formula is C44H71N7O3. The quantitative estimate of drug-likeness (QED) is 0.0384. The van der Waals surface area contributed by atoms with Gasteiger partial charge in [-0.3, -0.25) is 9.59 Å². The van der Waals surface area contributed by atoms with Crippen molar-refractivity contribution in [2.45, 2.75) is 149 Å². The van der Waals surface area contributed by atoms with E-state index in [0.717, 1.165) is 93.2 Å². The lowest BCUT2D eigenvalue weighted by Gasteiger charge is -2.28. The third kappa shape index (κ3) is 13.0. The number of pyridine rings is 1. The molecule has 0 saturated heterocycles. The van der Waals surface area contributed by atoms with E-state index in [1.165, 1.54) is 83.5 Å². The molecule has 0 bridgehead atoms. The highest BCUT2D eigenvalue weighted by Crippen LogP contribution is 2.29. The Morgan fingerprint density at radius 3 is 1.96 bits per heavy atom. The molecule has 300 valence electrons. The molecule has 0 spiro atoms. The molecule has 0 unspecified atom stereocenters. The molecule has 10 heteroatoms. The van der Waals surface area contributed by atoms with Gasteiger partial charge in [0.2, 0.25) is 0 Å². The average Bonchev–Trinajstić information content (AvgIpc) is 3.54. The Balaban J connectivity index is 1.22. The van der Waals surface area contributed by atoms with Crippen molar-refractivity contribution in [2.75, 3.05) is 62.8 Å². The number of nitrogens with one attached hydrogen (secondary N) is 1. The van der Waals surface area contributed by atoms with Crippen molar-refractivity contribution in [1.82, 2.24) is 19.6 Å². The molecule has 0 amide bonds. The lowest BCUT2D eigenvalue weighted by atomic mass is 10.0. The van der Waals surface area contributed by atoms with E-state index < -0.39 is 0 Å². The number of fused-ring (bicyclic) bond motifs is 3. The van der Waals surface area contributed by atoms with Crippen molar-refractivity contribution in [3.05, 3.63) is 50.5 Å². The van der Waals surface area contributed by atoms with Crippen LogP contribution in [-0.4, -0.2) is 66.5 Å². The Hall–Kier alpha value is -3.66. The van der Waals surface area contributed by atoms with Gasteiger partial charge in [0.25, 0.3) is 10.9 Å². The van der Waals surface area contributed by atoms with Crippen molar-refractivity contribution in [2.24, 2.45) is 0 Å². The second kappa shape index (κ2) is 24.0. The number of para-hydroxylation sites is 1. The summed E-state index contributed by atoms with van der Waals surface area (Å²) in [7, 11) is 4.15. The number of anilines is 3. The van der Waals surface area contributed by atoms with E-state index in [1.54, 1.807) is 0 Å².